The molecule has 0 fully saturated rings. The second kappa shape index (κ2) is 10.5. The van der Waals surface area contributed by atoms with Gasteiger partial charge in [0.1, 0.15) is 5.82 Å². The summed E-state index contributed by atoms with van der Waals surface area (Å²) >= 11 is 1.22. The number of carbonyl (C=O) groups is 1. The van der Waals surface area contributed by atoms with E-state index in [1.165, 1.54) is 11.5 Å². The molecule has 0 aliphatic rings. The fourth-order valence-corrected chi connectivity index (χ4v) is 5.17. The van der Waals surface area contributed by atoms with Crippen molar-refractivity contribution in [2.45, 2.75) is 40.3 Å². The van der Waals surface area contributed by atoms with Crippen molar-refractivity contribution in [1.82, 2.24) is 18.8 Å². The van der Waals surface area contributed by atoms with Gasteiger partial charge in [-0.3, -0.25) is 14.2 Å². The Morgan fingerprint density at radius 1 is 1.09 bits per heavy atom. The zero-order valence-electron chi connectivity index (χ0n) is 20.6. The molecule has 4 aromatic rings. The van der Waals surface area contributed by atoms with E-state index < -0.39 is 6.04 Å². The first kappa shape index (κ1) is 24.8. The van der Waals surface area contributed by atoms with E-state index in [0.717, 1.165) is 11.1 Å². The third kappa shape index (κ3) is 5.04. The highest BCUT2D eigenvalue weighted by Gasteiger charge is 2.33. The van der Waals surface area contributed by atoms with Gasteiger partial charge >= 0.3 is 0 Å². The largest absolute Gasteiger partial charge is 0.329 e. The summed E-state index contributed by atoms with van der Waals surface area (Å²) in [6.07, 6.45) is 0. The predicted molar refractivity (Wildman–Crippen MR) is 141 cm³/mol. The molecule has 2 heterocycles. The second-order valence-corrected chi connectivity index (χ2v) is 9.89. The summed E-state index contributed by atoms with van der Waals surface area (Å²) in [5.41, 5.74) is 9.16. The molecule has 0 unspecified atom stereocenters. The Balaban J connectivity index is 1.91. The van der Waals surface area contributed by atoms with Gasteiger partial charge in [-0.15, -0.1) is 0 Å². The molecule has 0 aliphatic heterocycles. The lowest BCUT2D eigenvalue weighted by Gasteiger charge is -2.35. The van der Waals surface area contributed by atoms with Crippen LogP contribution in [0, 0.1) is 19.8 Å². The second-order valence-electron chi connectivity index (χ2n) is 9.14. The maximum absolute atomic E-state index is 13.8. The molecule has 35 heavy (non-hydrogen) atoms. The van der Waals surface area contributed by atoms with Gasteiger partial charge in [-0.1, -0.05) is 61.9 Å². The first-order valence-corrected chi connectivity index (χ1v) is 12.6. The molecule has 1 amide bonds. The van der Waals surface area contributed by atoms with E-state index in [2.05, 4.69) is 4.37 Å². The lowest BCUT2D eigenvalue weighted by atomic mass is 9.99. The number of aromatic nitrogens is 3. The quantitative estimate of drug-likeness (QED) is 0.398. The van der Waals surface area contributed by atoms with E-state index >= 15 is 0 Å². The summed E-state index contributed by atoms with van der Waals surface area (Å²) in [5.74, 6) is 0.408. The first-order chi connectivity index (χ1) is 16.8. The normalized spacial score (nSPS) is 12.3. The lowest BCUT2D eigenvalue weighted by Crippen LogP contribution is -2.43. The monoisotopic (exact) mass is 489 g/mol. The van der Waals surface area contributed by atoms with Gasteiger partial charge in [0.05, 0.1) is 23.7 Å². The van der Waals surface area contributed by atoms with Crippen LogP contribution in [-0.4, -0.2) is 37.8 Å². The summed E-state index contributed by atoms with van der Waals surface area (Å²) in [6, 6.07) is 16.9. The van der Waals surface area contributed by atoms with Crippen LogP contribution in [0.1, 0.15) is 52.9 Å². The van der Waals surface area contributed by atoms with Crippen LogP contribution in [0.4, 0.5) is 0 Å². The Labute approximate surface area is 209 Å². The number of hydrogen-bond acceptors (Lipinski definition) is 6. The van der Waals surface area contributed by atoms with Crippen LogP contribution >= 0.6 is 11.5 Å². The number of benzene rings is 2. The minimum Gasteiger partial charge on any atom is -0.329 e. The highest BCUT2D eigenvalue weighted by Crippen LogP contribution is 2.31. The number of nitrogens with two attached hydrogens (primary N) is 1. The van der Waals surface area contributed by atoms with Gasteiger partial charge in [-0.25, -0.2) is 4.98 Å². The molecule has 4 rings (SSSR count). The van der Waals surface area contributed by atoms with E-state index in [1.54, 1.807) is 9.47 Å². The number of nitrogens with zero attached hydrogens (tertiary/aromatic N) is 4. The Morgan fingerprint density at radius 2 is 1.77 bits per heavy atom. The maximum Gasteiger partial charge on any atom is 0.264 e. The van der Waals surface area contributed by atoms with Gasteiger partial charge in [0.2, 0.25) is 0 Å². The molecule has 1 atom stereocenters. The van der Waals surface area contributed by atoms with Crippen LogP contribution in [0.2, 0.25) is 0 Å². The van der Waals surface area contributed by atoms with Crippen molar-refractivity contribution in [2.24, 2.45) is 11.7 Å². The third-order valence-electron chi connectivity index (χ3n) is 6.14. The maximum atomic E-state index is 13.8. The SMILES string of the molecule is Cc1ccc(C(=O)N(CCN)[C@@H](c2nc3snc(C)c3c(=O)n2Cc2ccccc2)C(C)C)cc1. The van der Waals surface area contributed by atoms with Crippen molar-refractivity contribution in [1.29, 1.82) is 0 Å². The smallest absolute Gasteiger partial charge is 0.264 e. The number of rotatable bonds is 8. The van der Waals surface area contributed by atoms with Crippen LogP contribution in [0.3, 0.4) is 0 Å². The summed E-state index contributed by atoms with van der Waals surface area (Å²) in [6.45, 7) is 8.89. The minimum absolute atomic E-state index is 0.0173. The zero-order valence-corrected chi connectivity index (χ0v) is 21.4. The highest BCUT2D eigenvalue weighted by molar-refractivity contribution is 7.12. The molecule has 2 aromatic carbocycles. The predicted octanol–water partition coefficient (Wildman–Crippen LogP) is 4.32. The molecule has 0 bridgehead atoms. The Kier molecular flexibility index (Phi) is 7.42. The Morgan fingerprint density at radius 3 is 2.40 bits per heavy atom. The molecule has 7 nitrogen and oxygen atoms in total. The molecule has 2 aromatic heterocycles. The van der Waals surface area contributed by atoms with Crippen LogP contribution < -0.4 is 11.3 Å². The molecule has 0 saturated heterocycles. The van der Waals surface area contributed by atoms with Crippen LogP contribution in [0.25, 0.3) is 10.2 Å². The van der Waals surface area contributed by atoms with Crippen molar-refractivity contribution in [2.75, 3.05) is 13.1 Å². The van der Waals surface area contributed by atoms with E-state index in [-0.39, 0.29) is 17.4 Å². The van der Waals surface area contributed by atoms with Gasteiger partial charge in [0.15, 0.2) is 4.83 Å². The molecular formula is C27H31N5O2S. The Hall–Kier alpha value is -3.36. The summed E-state index contributed by atoms with van der Waals surface area (Å²) in [4.78, 5) is 34.8. The topological polar surface area (TPSA) is 94.1 Å². The van der Waals surface area contributed by atoms with E-state index in [1.807, 2.05) is 82.3 Å². The number of hydrogen-bond donors (Lipinski definition) is 1. The number of aryl methyl sites for hydroxylation is 2. The summed E-state index contributed by atoms with van der Waals surface area (Å²) in [7, 11) is 0. The fourth-order valence-electron chi connectivity index (χ4n) is 4.39. The summed E-state index contributed by atoms with van der Waals surface area (Å²) < 4.78 is 6.09. The van der Waals surface area contributed by atoms with E-state index in [0.29, 0.717) is 46.9 Å². The fraction of sp³-hybridized carbons (Fsp3) is 0.333. The van der Waals surface area contributed by atoms with E-state index in [9.17, 15) is 9.59 Å². The minimum atomic E-state index is -0.449. The van der Waals surface area contributed by atoms with Gasteiger partial charge in [-0.2, -0.15) is 4.37 Å². The first-order valence-electron chi connectivity index (χ1n) is 11.8. The summed E-state index contributed by atoms with van der Waals surface area (Å²) in [5, 5.41) is 0.535. The molecule has 0 radical (unpaired) electrons. The molecule has 0 spiro atoms. The van der Waals surface area contributed by atoms with Crippen molar-refractivity contribution in [3.8, 4) is 0 Å². The average Bonchev–Trinajstić information content (AvgIpc) is 3.22. The number of fused-ring (bicyclic) bond motifs is 1. The molecular weight excluding hydrogens is 458 g/mol. The molecule has 182 valence electrons. The van der Waals surface area contributed by atoms with Crippen molar-refractivity contribution in [3.63, 3.8) is 0 Å². The Bertz CT molecular complexity index is 1380. The molecule has 0 aliphatic carbocycles. The van der Waals surface area contributed by atoms with Crippen LogP contribution in [-0.2, 0) is 6.54 Å². The standard InChI is InChI=1S/C27H31N5O2S/c1-17(2)23(31(15-14-28)26(33)21-12-10-18(3)11-13-21)24-29-25-22(19(4)30-35-25)27(34)32(24)16-20-8-6-5-7-9-20/h5-13,17,23H,14-16,28H2,1-4H3/t23-/m1/s1. The molecule has 0 saturated carbocycles. The van der Waals surface area contributed by atoms with Crippen LogP contribution in [0.15, 0.2) is 59.4 Å². The number of amides is 1. The van der Waals surface area contributed by atoms with Crippen LogP contribution in [0.5, 0.6) is 0 Å². The zero-order chi connectivity index (χ0) is 25.1. The van der Waals surface area contributed by atoms with Crippen molar-refractivity contribution in [3.05, 3.63) is 93.2 Å². The third-order valence-corrected chi connectivity index (χ3v) is 6.97. The van der Waals surface area contributed by atoms with E-state index in [4.69, 9.17) is 10.7 Å². The average molecular weight is 490 g/mol. The lowest BCUT2D eigenvalue weighted by molar-refractivity contribution is 0.0612. The van der Waals surface area contributed by atoms with Crippen molar-refractivity contribution >= 4 is 27.7 Å². The molecule has 2 N–H and O–H groups in total. The number of carbonyl (C=O) groups excluding carboxylic acids is 1. The van der Waals surface area contributed by atoms with Gasteiger partial charge in [-0.05, 0) is 49.0 Å². The van der Waals surface area contributed by atoms with Crippen molar-refractivity contribution < 1.29 is 4.79 Å². The van der Waals surface area contributed by atoms with Gasteiger partial charge in [0, 0.05) is 18.7 Å². The molecule has 8 heteroatoms. The highest BCUT2D eigenvalue weighted by atomic mass is 32.1. The van der Waals surface area contributed by atoms with Gasteiger partial charge in [0.25, 0.3) is 11.5 Å². The van der Waals surface area contributed by atoms with Gasteiger partial charge < -0.3 is 10.6 Å².